The van der Waals surface area contributed by atoms with Gasteiger partial charge in [-0.15, -0.1) is 0 Å². The summed E-state index contributed by atoms with van der Waals surface area (Å²) in [6, 6.07) is 25.9. The molecule has 0 saturated carbocycles. The van der Waals surface area contributed by atoms with E-state index < -0.39 is 12.0 Å². The van der Waals surface area contributed by atoms with E-state index in [1.807, 2.05) is 91.0 Å². The van der Waals surface area contributed by atoms with Crippen molar-refractivity contribution in [1.29, 1.82) is 0 Å². The molecule has 174 valence electrons. The zero-order valence-corrected chi connectivity index (χ0v) is 20.0. The standard InChI is InChI=1S/C28H22N2O4S/c1-18-24(27(32)33-2)25(20-11-5-3-6-12-20)30-26(31)23(35-28(30)29-18)17-19-10-9-15-22(16-19)34-21-13-7-4-8-14-21/h3-17,25H,1-2H3/b23-17-. The van der Waals surface area contributed by atoms with E-state index >= 15 is 0 Å². The topological polar surface area (TPSA) is 69.9 Å². The fourth-order valence-corrected chi connectivity index (χ4v) is 5.13. The minimum Gasteiger partial charge on any atom is -0.466 e. The first-order chi connectivity index (χ1) is 17.0. The maximum Gasteiger partial charge on any atom is 0.338 e. The van der Waals surface area contributed by atoms with Gasteiger partial charge in [-0.1, -0.05) is 72.0 Å². The van der Waals surface area contributed by atoms with Gasteiger partial charge in [0.2, 0.25) is 0 Å². The van der Waals surface area contributed by atoms with Gasteiger partial charge in [0, 0.05) is 0 Å². The van der Waals surface area contributed by atoms with E-state index in [0.717, 1.165) is 16.9 Å². The highest BCUT2D eigenvalue weighted by atomic mass is 32.1. The van der Waals surface area contributed by atoms with Crippen molar-refractivity contribution < 1.29 is 14.3 Å². The van der Waals surface area contributed by atoms with Gasteiger partial charge in [0.25, 0.3) is 5.56 Å². The number of allylic oxidation sites excluding steroid dienone is 1. The van der Waals surface area contributed by atoms with Gasteiger partial charge in [-0.3, -0.25) is 9.36 Å². The van der Waals surface area contributed by atoms with E-state index in [0.29, 0.717) is 26.4 Å². The molecule has 3 aromatic carbocycles. The molecule has 1 atom stereocenters. The molecular formula is C28H22N2O4S. The number of fused-ring (bicyclic) bond motifs is 1. The first kappa shape index (κ1) is 22.6. The van der Waals surface area contributed by atoms with E-state index in [9.17, 15) is 9.59 Å². The number of aromatic nitrogens is 1. The Morgan fingerprint density at radius 1 is 0.971 bits per heavy atom. The number of esters is 1. The first-order valence-electron chi connectivity index (χ1n) is 11.0. The van der Waals surface area contributed by atoms with Gasteiger partial charge in [-0.25, -0.2) is 9.79 Å². The summed E-state index contributed by atoms with van der Waals surface area (Å²) in [4.78, 5) is 31.4. The smallest absolute Gasteiger partial charge is 0.338 e. The van der Waals surface area contributed by atoms with Crippen LogP contribution in [0.3, 0.4) is 0 Å². The van der Waals surface area contributed by atoms with E-state index in [4.69, 9.17) is 9.47 Å². The quantitative estimate of drug-likeness (QED) is 0.400. The Kier molecular flexibility index (Phi) is 6.16. The molecule has 1 aromatic heterocycles. The molecule has 2 heterocycles. The molecule has 0 spiro atoms. The molecule has 0 amide bonds. The number of benzene rings is 3. The summed E-state index contributed by atoms with van der Waals surface area (Å²) in [5.74, 6) is 0.904. The summed E-state index contributed by atoms with van der Waals surface area (Å²) in [6.45, 7) is 1.77. The highest BCUT2D eigenvalue weighted by molar-refractivity contribution is 7.07. The van der Waals surface area contributed by atoms with Gasteiger partial charge in [0.05, 0.1) is 29.0 Å². The van der Waals surface area contributed by atoms with Crippen LogP contribution in [0.15, 0.2) is 106 Å². The van der Waals surface area contributed by atoms with E-state index in [-0.39, 0.29) is 5.56 Å². The molecule has 1 aliphatic heterocycles. The zero-order valence-electron chi connectivity index (χ0n) is 19.2. The fourth-order valence-electron chi connectivity index (χ4n) is 4.09. The molecule has 1 aliphatic rings. The summed E-state index contributed by atoms with van der Waals surface area (Å²) in [7, 11) is 1.33. The molecule has 0 aliphatic carbocycles. The van der Waals surface area contributed by atoms with Gasteiger partial charge in [0.15, 0.2) is 4.80 Å². The minimum atomic E-state index is -0.616. The molecule has 35 heavy (non-hydrogen) atoms. The number of hydrogen-bond acceptors (Lipinski definition) is 6. The molecule has 1 unspecified atom stereocenters. The van der Waals surface area contributed by atoms with Crippen molar-refractivity contribution in [3.05, 3.63) is 127 Å². The lowest BCUT2D eigenvalue weighted by Gasteiger charge is -2.24. The van der Waals surface area contributed by atoms with Crippen molar-refractivity contribution in [2.24, 2.45) is 4.99 Å². The molecular weight excluding hydrogens is 460 g/mol. The van der Waals surface area contributed by atoms with Crippen LogP contribution in [0.5, 0.6) is 11.5 Å². The summed E-state index contributed by atoms with van der Waals surface area (Å²) in [5, 5.41) is 0. The summed E-state index contributed by atoms with van der Waals surface area (Å²) >= 11 is 1.29. The number of thiazole rings is 1. The van der Waals surface area contributed by atoms with Crippen LogP contribution in [0, 0.1) is 0 Å². The monoisotopic (exact) mass is 482 g/mol. The Labute approximate surface area is 205 Å². The van der Waals surface area contributed by atoms with Gasteiger partial charge in [0.1, 0.15) is 11.5 Å². The van der Waals surface area contributed by atoms with Gasteiger partial charge in [-0.2, -0.15) is 0 Å². The third-order valence-electron chi connectivity index (χ3n) is 5.68. The van der Waals surface area contributed by atoms with Crippen molar-refractivity contribution in [2.45, 2.75) is 13.0 Å². The maximum absolute atomic E-state index is 13.6. The number of hydrogen-bond donors (Lipinski definition) is 0. The number of para-hydroxylation sites is 1. The number of rotatable bonds is 5. The largest absolute Gasteiger partial charge is 0.466 e. The van der Waals surface area contributed by atoms with Crippen LogP contribution in [-0.4, -0.2) is 17.6 Å². The number of carbonyl (C=O) groups is 1. The van der Waals surface area contributed by atoms with E-state index in [2.05, 4.69) is 4.99 Å². The predicted octanol–water partition coefficient (Wildman–Crippen LogP) is 4.20. The second-order valence-corrected chi connectivity index (χ2v) is 8.98. The van der Waals surface area contributed by atoms with E-state index in [1.165, 1.54) is 18.4 Å². The van der Waals surface area contributed by atoms with Crippen molar-refractivity contribution in [3.63, 3.8) is 0 Å². The molecule has 0 saturated heterocycles. The zero-order chi connectivity index (χ0) is 24.4. The molecule has 0 bridgehead atoms. The lowest BCUT2D eigenvalue weighted by Crippen LogP contribution is -2.39. The molecule has 0 radical (unpaired) electrons. The third kappa shape index (κ3) is 4.46. The average molecular weight is 483 g/mol. The molecule has 6 nitrogen and oxygen atoms in total. The van der Waals surface area contributed by atoms with Crippen LogP contribution in [0.1, 0.15) is 24.1 Å². The molecule has 5 rings (SSSR count). The lowest BCUT2D eigenvalue weighted by molar-refractivity contribution is -0.136. The second kappa shape index (κ2) is 9.56. The Morgan fingerprint density at radius 3 is 2.37 bits per heavy atom. The minimum absolute atomic E-state index is 0.217. The summed E-state index contributed by atoms with van der Waals surface area (Å²) in [6.07, 6.45) is 1.82. The Morgan fingerprint density at radius 2 is 1.66 bits per heavy atom. The van der Waals surface area contributed by atoms with E-state index in [1.54, 1.807) is 11.5 Å². The number of nitrogens with zero attached hydrogens (tertiary/aromatic N) is 2. The van der Waals surface area contributed by atoms with Gasteiger partial charge in [-0.05, 0) is 48.4 Å². The highest BCUT2D eigenvalue weighted by Crippen LogP contribution is 2.30. The van der Waals surface area contributed by atoms with Crippen LogP contribution in [0.2, 0.25) is 0 Å². The molecule has 0 fully saturated rings. The second-order valence-electron chi connectivity index (χ2n) is 7.97. The van der Waals surface area contributed by atoms with Crippen LogP contribution < -0.4 is 19.6 Å². The lowest BCUT2D eigenvalue weighted by atomic mass is 9.96. The van der Waals surface area contributed by atoms with Crippen LogP contribution >= 0.6 is 11.3 Å². The Balaban J connectivity index is 1.61. The molecule has 0 N–H and O–H groups in total. The Hall–Kier alpha value is -4.23. The third-order valence-corrected chi connectivity index (χ3v) is 6.66. The molecule has 4 aromatic rings. The van der Waals surface area contributed by atoms with Crippen molar-refractivity contribution in [2.75, 3.05) is 7.11 Å². The first-order valence-corrected chi connectivity index (χ1v) is 11.9. The Bertz CT molecular complexity index is 1600. The maximum atomic E-state index is 13.6. The summed E-state index contributed by atoms with van der Waals surface area (Å²) < 4.78 is 13.1. The molecule has 7 heteroatoms. The van der Waals surface area contributed by atoms with Crippen LogP contribution in [-0.2, 0) is 9.53 Å². The van der Waals surface area contributed by atoms with Crippen LogP contribution in [0.4, 0.5) is 0 Å². The van der Waals surface area contributed by atoms with Crippen molar-refractivity contribution >= 4 is 23.4 Å². The van der Waals surface area contributed by atoms with Crippen molar-refractivity contribution in [3.8, 4) is 11.5 Å². The number of ether oxygens (including phenoxy) is 2. The fraction of sp³-hybridized carbons (Fsp3) is 0.107. The predicted molar refractivity (Wildman–Crippen MR) is 135 cm³/mol. The highest BCUT2D eigenvalue weighted by Gasteiger charge is 2.32. The normalized spacial score (nSPS) is 15.4. The number of methoxy groups -OCH3 is 1. The van der Waals surface area contributed by atoms with Crippen molar-refractivity contribution in [1.82, 2.24) is 4.57 Å². The van der Waals surface area contributed by atoms with Gasteiger partial charge >= 0.3 is 5.97 Å². The average Bonchev–Trinajstić information content (AvgIpc) is 3.18. The number of carbonyl (C=O) groups excluding carboxylic acids is 1. The summed E-state index contributed by atoms with van der Waals surface area (Å²) in [5.41, 5.74) is 2.32. The van der Waals surface area contributed by atoms with Gasteiger partial charge < -0.3 is 9.47 Å². The SMILES string of the molecule is COC(=O)C1=C(C)N=c2s/c(=C\c3cccc(Oc4ccccc4)c3)c(=O)n2C1c1ccccc1. The van der Waals surface area contributed by atoms with Crippen LogP contribution in [0.25, 0.3) is 6.08 Å².